The Labute approximate surface area is 137 Å². The third-order valence-electron chi connectivity index (χ3n) is 2.38. The van der Waals surface area contributed by atoms with Gasteiger partial charge in [0.15, 0.2) is 5.96 Å². The van der Waals surface area contributed by atoms with Crippen molar-refractivity contribution in [1.29, 1.82) is 0 Å². The molecule has 20 heavy (non-hydrogen) atoms. The first-order valence-electron chi connectivity index (χ1n) is 6.00. The van der Waals surface area contributed by atoms with Crippen LogP contribution >= 0.6 is 24.0 Å². The average Bonchev–Trinajstić information content (AvgIpc) is 2.34. The van der Waals surface area contributed by atoms with Crippen LogP contribution in [0.4, 0.5) is 0 Å². The van der Waals surface area contributed by atoms with E-state index >= 15 is 0 Å². The first kappa shape index (κ1) is 21.7. The summed E-state index contributed by atoms with van der Waals surface area (Å²) in [6.07, 6.45) is 1.95. The van der Waals surface area contributed by atoms with Crippen molar-refractivity contribution in [2.45, 2.75) is 25.8 Å². The van der Waals surface area contributed by atoms with Crippen molar-refractivity contribution < 1.29 is 17.9 Å². The molecule has 0 aliphatic carbocycles. The summed E-state index contributed by atoms with van der Waals surface area (Å²) in [5.41, 5.74) is 0. The van der Waals surface area contributed by atoms with Crippen LogP contribution in [0.3, 0.4) is 0 Å². The number of hydrogen-bond acceptors (Lipinski definition) is 5. The van der Waals surface area contributed by atoms with Crippen LogP contribution < -0.4 is 10.6 Å². The highest BCUT2D eigenvalue weighted by atomic mass is 127. The van der Waals surface area contributed by atoms with Crippen LogP contribution in [-0.2, 0) is 19.4 Å². The molecule has 9 heteroatoms. The van der Waals surface area contributed by atoms with Gasteiger partial charge in [0.1, 0.15) is 9.84 Å². The lowest BCUT2D eigenvalue weighted by atomic mass is 10.3. The Balaban J connectivity index is 0. The predicted molar refractivity (Wildman–Crippen MR) is 90.3 cm³/mol. The van der Waals surface area contributed by atoms with Crippen LogP contribution in [0.15, 0.2) is 4.99 Å². The zero-order valence-electron chi connectivity index (χ0n) is 12.3. The van der Waals surface area contributed by atoms with Gasteiger partial charge in [0, 0.05) is 25.9 Å². The largest absolute Gasteiger partial charge is 0.469 e. The number of carbonyl (C=O) groups excluding carboxylic acids is 1. The molecule has 0 heterocycles. The van der Waals surface area contributed by atoms with E-state index in [1.165, 1.54) is 13.4 Å². The molecule has 0 aliphatic heterocycles. The topological polar surface area (TPSA) is 96.9 Å². The molecule has 0 saturated heterocycles. The molecule has 0 radical (unpaired) electrons. The van der Waals surface area contributed by atoms with Crippen molar-refractivity contribution in [3.63, 3.8) is 0 Å². The minimum absolute atomic E-state index is 0. The number of esters is 1. The lowest BCUT2D eigenvalue weighted by molar-refractivity contribution is -0.140. The Kier molecular flexibility index (Phi) is 12.1. The van der Waals surface area contributed by atoms with E-state index in [9.17, 15) is 13.2 Å². The number of hydrogen-bond donors (Lipinski definition) is 2. The SMILES string of the molecule is CN=C(NCCC(=O)OC)NC(C)CCS(C)(=O)=O.I. The van der Waals surface area contributed by atoms with Gasteiger partial charge in [-0.15, -0.1) is 24.0 Å². The minimum atomic E-state index is -2.95. The summed E-state index contributed by atoms with van der Waals surface area (Å²) < 4.78 is 26.6. The molecule has 0 bridgehead atoms. The van der Waals surface area contributed by atoms with Crippen LogP contribution in [-0.4, -0.2) is 59.1 Å². The highest BCUT2D eigenvalue weighted by Crippen LogP contribution is 1.95. The molecule has 0 amide bonds. The summed E-state index contributed by atoms with van der Waals surface area (Å²) in [6, 6.07) is -0.0287. The molecule has 7 nitrogen and oxygen atoms in total. The Morgan fingerprint density at radius 3 is 2.45 bits per heavy atom. The molecule has 0 fully saturated rings. The maximum absolute atomic E-state index is 11.0. The number of carbonyl (C=O) groups is 1. The van der Waals surface area contributed by atoms with Gasteiger partial charge in [-0.1, -0.05) is 0 Å². The smallest absolute Gasteiger partial charge is 0.307 e. The van der Waals surface area contributed by atoms with Crippen molar-refractivity contribution in [1.82, 2.24) is 10.6 Å². The average molecular weight is 421 g/mol. The van der Waals surface area contributed by atoms with Crippen molar-refractivity contribution >= 4 is 45.7 Å². The molecule has 0 aromatic carbocycles. The van der Waals surface area contributed by atoms with Gasteiger partial charge in [-0.25, -0.2) is 8.42 Å². The van der Waals surface area contributed by atoms with E-state index < -0.39 is 9.84 Å². The first-order chi connectivity index (χ1) is 8.78. The number of guanidine groups is 1. The Morgan fingerprint density at radius 1 is 1.40 bits per heavy atom. The summed E-state index contributed by atoms with van der Waals surface area (Å²) in [6.45, 7) is 2.28. The molecule has 1 unspecified atom stereocenters. The van der Waals surface area contributed by atoms with Gasteiger partial charge < -0.3 is 15.4 Å². The molecular weight excluding hydrogens is 397 g/mol. The second kappa shape index (κ2) is 11.1. The lowest BCUT2D eigenvalue weighted by Gasteiger charge is -2.17. The molecule has 0 aromatic rings. The number of nitrogens with zero attached hydrogens (tertiary/aromatic N) is 1. The highest BCUT2D eigenvalue weighted by molar-refractivity contribution is 14.0. The fraction of sp³-hybridized carbons (Fsp3) is 0.818. The van der Waals surface area contributed by atoms with E-state index in [-0.39, 0.29) is 48.2 Å². The fourth-order valence-corrected chi connectivity index (χ4v) is 2.06. The summed E-state index contributed by atoms with van der Waals surface area (Å²) in [7, 11) is -0.0109. The van der Waals surface area contributed by atoms with Crippen LogP contribution in [0.25, 0.3) is 0 Å². The Morgan fingerprint density at radius 2 is 2.00 bits per heavy atom. The maximum atomic E-state index is 11.0. The summed E-state index contributed by atoms with van der Waals surface area (Å²) in [5.74, 6) is 0.360. The molecule has 0 spiro atoms. The molecule has 1 atom stereocenters. The predicted octanol–water partition coefficient (Wildman–Crippen LogP) is 0.156. The van der Waals surface area contributed by atoms with Gasteiger partial charge in [-0.3, -0.25) is 9.79 Å². The molecule has 120 valence electrons. The second-order valence-corrected chi connectivity index (χ2v) is 6.55. The highest BCUT2D eigenvalue weighted by Gasteiger charge is 2.09. The fourth-order valence-electron chi connectivity index (χ4n) is 1.28. The van der Waals surface area contributed by atoms with Crippen molar-refractivity contribution in [2.24, 2.45) is 4.99 Å². The van der Waals surface area contributed by atoms with E-state index in [0.29, 0.717) is 18.9 Å². The number of ether oxygens (including phenoxy) is 1. The van der Waals surface area contributed by atoms with Crippen molar-refractivity contribution in [2.75, 3.05) is 32.7 Å². The molecule has 0 aliphatic rings. The van der Waals surface area contributed by atoms with Crippen LogP contribution in [0.2, 0.25) is 0 Å². The second-order valence-electron chi connectivity index (χ2n) is 4.29. The number of nitrogens with one attached hydrogen (secondary N) is 2. The van der Waals surface area contributed by atoms with E-state index in [2.05, 4.69) is 20.4 Å². The molecule has 0 rings (SSSR count). The standard InChI is InChI=1S/C11H23N3O4S.HI/c1-9(6-8-19(4,16)17)14-11(12-2)13-7-5-10(15)18-3;/h9H,5-8H2,1-4H3,(H2,12,13,14);1H. The van der Waals surface area contributed by atoms with Gasteiger partial charge in [-0.2, -0.15) is 0 Å². The van der Waals surface area contributed by atoms with Crippen LogP contribution in [0.1, 0.15) is 19.8 Å². The Hall–Kier alpha value is -0.580. The van der Waals surface area contributed by atoms with Gasteiger partial charge in [0.05, 0.1) is 19.3 Å². The molecular formula is C11H24IN3O4S. The number of rotatable bonds is 7. The zero-order chi connectivity index (χ0) is 14.9. The quantitative estimate of drug-likeness (QED) is 0.263. The van der Waals surface area contributed by atoms with Crippen molar-refractivity contribution in [3.8, 4) is 0 Å². The van der Waals surface area contributed by atoms with Gasteiger partial charge >= 0.3 is 5.97 Å². The number of sulfone groups is 1. The molecule has 0 aromatic heterocycles. The van der Waals surface area contributed by atoms with E-state index in [1.807, 2.05) is 6.92 Å². The monoisotopic (exact) mass is 421 g/mol. The molecule has 2 N–H and O–H groups in total. The van der Waals surface area contributed by atoms with Gasteiger partial charge in [0.2, 0.25) is 0 Å². The van der Waals surface area contributed by atoms with Crippen LogP contribution in [0, 0.1) is 0 Å². The third-order valence-corrected chi connectivity index (χ3v) is 3.35. The summed E-state index contributed by atoms with van der Waals surface area (Å²) in [5, 5.41) is 6.00. The summed E-state index contributed by atoms with van der Waals surface area (Å²) >= 11 is 0. The minimum Gasteiger partial charge on any atom is -0.469 e. The normalized spacial score (nSPS) is 13.1. The number of methoxy groups -OCH3 is 1. The summed E-state index contributed by atoms with van der Waals surface area (Å²) in [4.78, 5) is 14.9. The molecule has 0 saturated carbocycles. The van der Waals surface area contributed by atoms with E-state index in [1.54, 1.807) is 7.05 Å². The first-order valence-corrected chi connectivity index (χ1v) is 8.06. The van der Waals surface area contributed by atoms with E-state index in [4.69, 9.17) is 0 Å². The van der Waals surface area contributed by atoms with Gasteiger partial charge in [-0.05, 0) is 13.3 Å². The van der Waals surface area contributed by atoms with Gasteiger partial charge in [0.25, 0.3) is 0 Å². The third kappa shape index (κ3) is 12.5. The number of aliphatic imine (C=N–C) groups is 1. The van der Waals surface area contributed by atoms with E-state index in [0.717, 1.165) is 0 Å². The lowest BCUT2D eigenvalue weighted by Crippen LogP contribution is -2.43. The Bertz CT molecular complexity index is 412. The van der Waals surface area contributed by atoms with Crippen molar-refractivity contribution in [3.05, 3.63) is 0 Å². The number of halogens is 1. The van der Waals surface area contributed by atoms with Crippen LogP contribution in [0.5, 0.6) is 0 Å². The maximum Gasteiger partial charge on any atom is 0.307 e. The zero-order valence-corrected chi connectivity index (χ0v) is 15.4.